The average Bonchev–Trinajstić information content (AvgIpc) is 2.48. The van der Waals surface area contributed by atoms with Crippen LogP contribution in [0.3, 0.4) is 0 Å². The van der Waals surface area contributed by atoms with E-state index in [0.29, 0.717) is 6.04 Å². The maximum absolute atomic E-state index is 9.35. The van der Waals surface area contributed by atoms with Crippen molar-refractivity contribution in [3.8, 4) is 0 Å². The maximum atomic E-state index is 9.35. The average molecular weight is 212 g/mol. The van der Waals surface area contributed by atoms with Gasteiger partial charge in [0.25, 0.3) is 0 Å². The van der Waals surface area contributed by atoms with Gasteiger partial charge in [-0.2, -0.15) is 0 Å². The minimum Gasteiger partial charge on any atom is -0.387 e. The van der Waals surface area contributed by atoms with Gasteiger partial charge in [0.1, 0.15) is 0 Å². The zero-order valence-corrected chi connectivity index (χ0v) is 9.42. The molecule has 1 unspecified atom stereocenters. The molecule has 0 amide bonds. The summed E-state index contributed by atoms with van der Waals surface area (Å²) in [4.78, 5) is 6.64. The third kappa shape index (κ3) is 1.77. The van der Waals surface area contributed by atoms with Crippen LogP contribution in [-0.2, 0) is 0 Å². The number of rotatable bonds is 3. The molecule has 4 heteroatoms. The second kappa shape index (κ2) is 3.87. The lowest BCUT2D eigenvalue weighted by Gasteiger charge is -2.34. The summed E-state index contributed by atoms with van der Waals surface area (Å²) >= 11 is 1.62. The molecule has 1 saturated carbocycles. The molecule has 1 aromatic heterocycles. The van der Waals surface area contributed by atoms with E-state index in [1.54, 1.807) is 18.3 Å². The summed E-state index contributed by atoms with van der Waals surface area (Å²) in [6, 6.07) is 0.669. The summed E-state index contributed by atoms with van der Waals surface area (Å²) in [5.74, 6) is 0. The van der Waals surface area contributed by atoms with E-state index in [1.807, 2.05) is 5.38 Å². The number of aromatic nitrogens is 1. The summed E-state index contributed by atoms with van der Waals surface area (Å²) in [6.45, 7) is 1.75. The number of anilines is 1. The normalized spacial score (nSPS) is 19.1. The van der Waals surface area contributed by atoms with Crippen molar-refractivity contribution in [3.63, 3.8) is 0 Å². The molecule has 1 fully saturated rings. The Hall–Kier alpha value is -0.610. The highest BCUT2D eigenvalue weighted by atomic mass is 32.1. The molecule has 1 atom stereocenters. The molecule has 14 heavy (non-hydrogen) atoms. The van der Waals surface area contributed by atoms with Crippen LogP contribution in [0.1, 0.15) is 38.0 Å². The van der Waals surface area contributed by atoms with Crippen molar-refractivity contribution in [1.29, 1.82) is 0 Å². The fourth-order valence-corrected chi connectivity index (χ4v) is 2.51. The fraction of sp³-hybridized carbons (Fsp3) is 0.700. The van der Waals surface area contributed by atoms with Crippen LogP contribution in [0.5, 0.6) is 0 Å². The molecule has 0 radical (unpaired) electrons. The van der Waals surface area contributed by atoms with Gasteiger partial charge in [0.15, 0.2) is 5.13 Å². The summed E-state index contributed by atoms with van der Waals surface area (Å²) in [7, 11) is 2.09. The molecule has 1 heterocycles. The van der Waals surface area contributed by atoms with Crippen molar-refractivity contribution in [2.75, 3.05) is 11.9 Å². The van der Waals surface area contributed by atoms with Crippen LogP contribution in [-0.4, -0.2) is 23.2 Å². The largest absolute Gasteiger partial charge is 0.387 e. The van der Waals surface area contributed by atoms with Crippen LogP contribution in [0, 0.1) is 0 Å². The van der Waals surface area contributed by atoms with Crippen LogP contribution in [0.15, 0.2) is 5.38 Å². The monoisotopic (exact) mass is 212 g/mol. The zero-order valence-electron chi connectivity index (χ0n) is 8.60. The molecule has 3 nitrogen and oxygen atoms in total. The van der Waals surface area contributed by atoms with Crippen molar-refractivity contribution in [2.45, 2.75) is 38.3 Å². The van der Waals surface area contributed by atoms with Crippen molar-refractivity contribution in [1.82, 2.24) is 4.98 Å². The Labute approximate surface area is 88.4 Å². The van der Waals surface area contributed by atoms with Gasteiger partial charge in [0, 0.05) is 18.5 Å². The number of thiazole rings is 1. The Morgan fingerprint density at radius 1 is 1.64 bits per heavy atom. The van der Waals surface area contributed by atoms with Gasteiger partial charge in [0.05, 0.1) is 11.8 Å². The van der Waals surface area contributed by atoms with E-state index >= 15 is 0 Å². The molecule has 0 aromatic carbocycles. The van der Waals surface area contributed by atoms with E-state index in [1.165, 1.54) is 19.3 Å². The highest BCUT2D eigenvalue weighted by molar-refractivity contribution is 7.13. The van der Waals surface area contributed by atoms with Gasteiger partial charge in [0.2, 0.25) is 0 Å². The third-order valence-electron chi connectivity index (χ3n) is 2.86. The molecule has 1 aromatic rings. The van der Waals surface area contributed by atoms with Crippen LogP contribution in [0.25, 0.3) is 0 Å². The Morgan fingerprint density at radius 2 is 2.36 bits per heavy atom. The first kappa shape index (κ1) is 9.93. The van der Waals surface area contributed by atoms with Crippen LogP contribution in [0.2, 0.25) is 0 Å². The van der Waals surface area contributed by atoms with Crippen LogP contribution >= 0.6 is 11.3 Å². The number of nitrogens with zero attached hydrogens (tertiary/aromatic N) is 2. The molecule has 0 saturated heterocycles. The SMILES string of the molecule is CC(O)c1csc(N(C)C2CCC2)n1. The highest BCUT2D eigenvalue weighted by Crippen LogP contribution is 2.31. The summed E-state index contributed by atoms with van der Waals surface area (Å²) in [5.41, 5.74) is 0.788. The van der Waals surface area contributed by atoms with Crippen LogP contribution < -0.4 is 4.90 Å². The van der Waals surface area contributed by atoms with E-state index in [9.17, 15) is 5.11 Å². The number of aliphatic hydroxyl groups is 1. The second-order valence-electron chi connectivity index (χ2n) is 3.93. The third-order valence-corrected chi connectivity index (χ3v) is 3.81. The minimum atomic E-state index is -0.449. The summed E-state index contributed by atoms with van der Waals surface area (Å²) in [5, 5.41) is 12.3. The lowest BCUT2D eigenvalue weighted by molar-refractivity contribution is 0.195. The molecular formula is C10H16N2OS. The highest BCUT2D eigenvalue weighted by Gasteiger charge is 2.24. The molecule has 0 bridgehead atoms. The van der Waals surface area contributed by atoms with Crippen molar-refractivity contribution in [3.05, 3.63) is 11.1 Å². The Balaban J connectivity index is 2.07. The first-order valence-corrected chi connectivity index (χ1v) is 5.93. The predicted octanol–water partition coefficient (Wildman–Crippen LogP) is 2.19. The number of hydrogen-bond acceptors (Lipinski definition) is 4. The topological polar surface area (TPSA) is 36.4 Å². The predicted molar refractivity (Wildman–Crippen MR) is 58.8 cm³/mol. The maximum Gasteiger partial charge on any atom is 0.185 e. The van der Waals surface area contributed by atoms with E-state index in [-0.39, 0.29) is 0 Å². The first-order valence-electron chi connectivity index (χ1n) is 5.05. The standard InChI is InChI=1S/C10H16N2OS/c1-7(13)9-6-14-10(11-9)12(2)8-4-3-5-8/h6-8,13H,3-5H2,1-2H3. The molecule has 0 spiro atoms. The first-order chi connectivity index (χ1) is 6.68. The van der Waals surface area contributed by atoms with E-state index < -0.39 is 6.10 Å². The fourth-order valence-electron chi connectivity index (χ4n) is 1.56. The number of aliphatic hydroxyl groups excluding tert-OH is 1. The van der Waals surface area contributed by atoms with Gasteiger partial charge in [-0.15, -0.1) is 11.3 Å². The van der Waals surface area contributed by atoms with Gasteiger partial charge >= 0.3 is 0 Å². The van der Waals surface area contributed by atoms with E-state index in [2.05, 4.69) is 16.9 Å². The lowest BCUT2D eigenvalue weighted by Crippen LogP contribution is -2.37. The summed E-state index contributed by atoms with van der Waals surface area (Å²) in [6.07, 6.45) is 3.44. The molecule has 78 valence electrons. The molecule has 0 aliphatic heterocycles. The molecule has 1 aliphatic rings. The van der Waals surface area contributed by atoms with Gasteiger partial charge < -0.3 is 10.0 Å². The minimum absolute atomic E-state index is 0.449. The van der Waals surface area contributed by atoms with Gasteiger partial charge in [-0.25, -0.2) is 4.98 Å². The van der Waals surface area contributed by atoms with Crippen molar-refractivity contribution < 1.29 is 5.11 Å². The van der Waals surface area contributed by atoms with Crippen molar-refractivity contribution in [2.24, 2.45) is 0 Å². The Kier molecular flexibility index (Phi) is 2.74. The summed E-state index contributed by atoms with van der Waals surface area (Å²) < 4.78 is 0. The number of hydrogen-bond donors (Lipinski definition) is 1. The van der Waals surface area contributed by atoms with E-state index in [0.717, 1.165) is 10.8 Å². The smallest absolute Gasteiger partial charge is 0.185 e. The van der Waals surface area contributed by atoms with Gasteiger partial charge in [-0.05, 0) is 26.2 Å². The van der Waals surface area contributed by atoms with Gasteiger partial charge in [-0.1, -0.05) is 0 Å². The Morgan fingerprint density at radius 3 is 2.79 bits per heavy atom. The molecule has 1 aliphatic carbocycles. The van der Waals surface area contributed by atoms with E-state index in [4.69, 9.17) is 0 Å². The second-order valence-corrected chi connectivity index (χ2v) is 4.76. The molecular weight excluding hydrogens is 196 g/mol. The van der Waals surface area contributed by atoms with Crippen LogP contribution in [0.4, 0.5) is 5.13 Å². The van der Waals surface area contributed by atoms with Gasteiger partial charge in [-0.3, -0.25) is 0 Å². The molecule has 1 N–H and O–H groups in total. The lowest BCUT2D eigenvalue weighted by atomic mass is 9.92. The van der Waals surface area contributed by atoms with Crippen molar-refractivity contribution >= 4 is 16.5 Å². The molecule has 2 rings (SSSR count). The quantitative estimate of drug-likeness (QED) is 0.834. The zero-order chi connectivity index (χ0) is 10.1. The Bertz CT molecular complexity index is 307.